The smallest absolute Gasteiger partial charge is 0.393 e. The summed E-state index contributed by atoms with van der Waals surface area (Å²) in [5.41, 5.74) is 2.62. The maximum atomic E-state index is 14.8. The zero-order valence-electron chi connectivity index (χ0n) is 26.8. The summed E-state index contributed by atoms with van der Waals surface area (Å²) in [5, 5.41) is 11.4. The molecule has 0 aliphatic carbocycles. The maximum absolute atomic E-state index is 14.8. The lowest BCUT2D eigenvalue weighted by Gasteiger charge is -2.41. The first-order valence-electron chi connectivity index (χ1n) is 16.1. The van der Waals surface area contributed by atoms with Crippen molar-refractivity contribution in [3.63, 3.8) is 0 Å². The van der Waals surface area contributed by atoms with E-state index in [1.54, 1.807) is 9.80 Å². The predicted octanol–water partition coefficient (Wildman–Crippen LogP) is 5.27. The summed E-state index contributed by atoms with van der Waals surface area (Å²) in [5.74, 6) is -1.58. The summed E-state index contributed by atoms with van der Waals surface area (Å²) in [7, 11) is 2.05. The molecular formula is C35H40F3N7O2. The van der Waals surface area contributed by atoms with Crippen LogP contribution in [0.25, 0.3) is 10.8 Å². The second-order valence-corrected chi connectivity index (χ2v) is 12.8. The maximum Gasteiger partial charge on any atom is 0.393 e. The Morgan fingerprint density at radius 1 is 1.11 bits per heavy atom. The minimum Gasteiger partial charge on any atom is -0.462 e. The molecule has 2 fully saturated rings. The molecule has 3 aliphatic rings. The van der Waals surface area contributed by atoms with Gasteiger partial charge in [0, 0.05) is 48.9 Å². The molecule has 3 aliphatic heterocycles. The first kappa shape index (κ1) is 32.6. The SMILES string of the molecule is C=CC(=O)N1CCN(c2nc(OC[C@@H]3CCCN3C)nc3c2C[C@H](C(F)(F)F)CN(c2cccc4cccc(C)c24)C3)C[C@@H]1CC#N. The zero-order valence-corrected chi connectivity index (χ0v) is 26.8. The van der Waals surface area contributed by atoms with Gasteiger partial charge in [-0.25, -0.2) is 0 Å². The number of nitrogens with zero attached hydrogens (tertiary/aromatic N) is 7. The van der Waals surface area contributed by atoms with Crippen LogP contribution in [-0.4, -0.2) is 90.3 Å². The van der Waals surface area contributed by atoms with Crippen LogP contribution in [0.1, 0.15) is 36.1 Å². The molecule has 4 heterocycles. The van der Waals surface area contributed by atoms with Crippen LogP contribution in [0.15, 0.2) is 49.1 Å². The molecule has 2 aromatic carbocycles. The van der Waals surface area contributed by atoms with Crippen molar-refractivity contribution in [3.05, 3.63) is 65.9 Å². The molecule has 0 saturated carbocycles. The van der Waals surface area contributed by atoms with Crippen molar-refractivity contribution in [2.75, 3.05) is 56.2 Å². The van der Waals surface area contributed by atoms with Gasteiger partial charge in [0.05, 0.1) is 36.7 Å². The van der Waals surface area contributed by atoms with Gasteiger partial charge in [-0.2, -0.15) is 28.4 Å². The standard InChI is InChI=1S/C35H40F3N7O2/c1-4-31(46)45-17-16-43(20-26(45)13-14-39)33-28-18-25(35(36,37)38)19-44(30-12-6-10-24-9-5-8-23(2)32(24)30)21-29(28)40-34(41-33)47-22-27-11-7-15-42(27)3/h4-6,8-10,12,25-27H,1,7,11,13,15-22H2,2-3H3/t25-,26-,27-/m0/s1. The summed E-state index contributed by atoms with van der Waals surface area (Å²) >= 11 is 0. The molecular weight excluding hydrogens is 607 g/mol. The quantitative estimate of drug-likeness (QED) is 0.321. The van der Waals surface area contributed by atoms with Gasteiger partial charge >= 0.3 is 12.2 Å². The third-order valence-electron chi connectivity index (χ3n) is 9.82. The minimum atomic E-state index is -4.47. The number of benzene rings is 2. The van der Waals surface area contributed by atoms with Crippen LogP contribution in [0.4, 0.5) is 24.7 Å². The molecule has 0 radical (unpaired) electrons. The fourth-order valence-electron chi connectivity index (χ4n) is 7.25. The van der Waals surface area contributed by atoms with E-state index in [9.17, 15) is 23.2 Å². The highest BCUT2D eigenvalue weighted by atomic mass is 19.4. The van der Waals surface area contributed by atoms with Crippen LogP contribution in [0, 0.1) is 24.2 Å². The van der Waals surface area contributed by atoms with Gasteiger partial charge in [0.1, 0.15) is 12.4 Å². The summed E-state index contributed by atoms with van der Waals surface area (Å²) < 4.78 is 50.7. The summed E-state index contributed by atoms with van der Waals surface area (Å²) in [6.45, 7) is 7.65. The molecule has 9 nitrogen and oxygen atoms in total. The number of fused-ring (bicyclic) bond motifs is 2. The summed E-state index contributed by atoms with van der Waals surface area (Å²) in [4.78, 5) is 29.7. The van der Waals surface area contributed by atoms with Crippen molar-refractivity contribution >= 4 is 28.2 Å². The number of carbonyl (C=O) groups is 1. The van der Waals surface area contributed by atoms with Crippen LogP contribution in [-0.2, 0) is 17.8 Å². The van der Waals surface area contributed by atoms with E-state index in [2.05, 4.69) is 17.5 Å². The lowest BCUT2D eigenvalue weighted by molar-refractivity contribution is -0.171. The van der Waals surface area contributed by atoms with Crippen molar-refractivity contribution in [2.45, 2.75) is 57.4 Å². The Kier molecular flexibility index (Phi) is 9.28. The number of likely N-dealkylation sites (tertiary alicyclic amines) is 1. The highest BCUT2D eigenvalue weighted by molar-refractivity contribution is 5.97. The Morgan fingerprint density at radius 2 is 1.89 bits per heavy atom. The Labute approximate surface area is 273 Å². The van der Waals surface area contributed by atoms with Crippen molar-refractivity contribution in [2.24, 2.45) is 5.92 Å². The molecule has 0 bridgehead atoms. The second-order valence-electron chi connectivity index (χ2n) is 12.8. The lowest BCUT2D eigenvalue weighted by atomic mass is 9.98. The molecule has 0 spiro atoms. The Morgan fingerprint density at radius 3 is 2.60 bits per heavy atom. The molecule has 47 heavy (non-hydrogen) atoms. The van der Waals surface area contributed by atoms with E-state index >= 15 is 0 Å². The Hall–Kier alpha value is -4.37. The summed E-state index contributed by atoms with van der Waals surface area (Å²) in [6.07, 6.45) is -1.44. The molecule has 1 aromatic heterocycles. The fourth-order valence-corrected chi connectivity index (χ4v) is 7.25. The molecule has 12 heteroatoms. The third kappa shape index (κ3) is 6.72. The molecule has 3 atom stereocenters. The van der Waals surface area contributed by atoms with E-state index in [4.69, 9.17) is 14.7 Å². The minimum absolute atomic E-state index is 0.0696. The van der Waals surface area contributed by atoms with Crippen LogP contribution in [0.2, 0.25) is 0 Å². The number of alkyl halides is 3. The van der Waals surface area contributed by atoms with Gasteiger partial charge in [0.2, 0.25) is 5.91 Å². The zero-order chi connectivity index (χ0) is 33.3. The van der Waals surface area contributed by atoms with E-state index in [-0.39, 0.29) is 57.0 Å². The monoisotopic (exact) mass is 647 g/mol. The Bertz CT molecular complexity index is 1680. The van der Waals surface area contributed by atoms with E-state index in [1.807, 2.05) is 55.3 Å². The predicted molar refractivity (Wildman–Crippen MR) is 174 cm³/mol. The highest BCUT2D eigenvalue weighted by Crippen LogP contribution is 2.40. The van der Waals surface area contributed by atoms with Crippen molar-refractivity contribution < 1.29 is 22.7 Å². The largest absolute Gasteiger partial charge is 0.462 e. The molecule has 3 aromatic rings. The number of likely N-dealkylation sites (N-methyl/N-ethyl adjacent to an activating group) is 1. The van der Waals surface area contributed by atoms with Gasteiger partial charge in [0.15, 0.2) is 0 Å². The lowest BCUT2D eigenvalue weighted by Crippen LogP contribution is -2.55. The first-order valence-corrected chi connectivity index (χ1v) is 16.1. The first-order chi connectivity index (χ1) is 22.6. The topological polar surface area (TPSA) is 88.8 Å². The van der Waals surface area contributed by atoms with E-state index in [0.717, 1.165) is 41.4 Å². The number of hydrogen-bond acceptors (Lipinski definition) is 8. The number of hydrogen-bond donors (Lipinski definition) is 0. The van der Waals surface area contributed by atoms with Crippen molar-refractivity contribution in [1.82, 2.24) is 19.8 Å². The van der Waals surface area contributed by atoms with Crippen molar-refractivity contribution in [1.29, 1.82) is 5.26 Å². The van der Waals surface area contributed by atoms with Gasteiger partial charge in [-0.3, -0.25) is 4.79 Å². The van der Waals surface area contributed by atoms with E-state index < -0.39 is 18.1 Å². The number of amides is 1. The van der Waals surface area contributed by atoms with Crippen LogP contribution in [0.5, 0.6) is 6.01 Å². The highest BCUT2D eigenvalue weighted by Gasteiger charge is 2.44. The van der Waals surface area contributed by atoms with Crippen LogP contribution in [0.3, 0.4) is 0 Å². The third-order valence-corrected chi connectivity index (χ3v) is 9.82. The number of nitriles is 1. The number of rotatable bonds is 7. The molecule has 0 N–H and O–H groups in total. The summed E-state index contributed by atoms with van der Waals surface area (Å²) in [6, 6.07) is 13.6. The number of anilines is 2. The molecule has 1 amide bonds. The van der Waals surface area contributed by atoms with Crippen LogP contribution >= 0.6 is 0 Å². The number of piperazine rings is 1. The number of aryl methyl sites for hydroxylation is 1. The second kappa shape index (κ2) is 13.4. The van der Waals surface area contributed by atoms with Crippen LogP contribution < -0.4 is 14.5 Å². The normalized spacial score (nSPS) is 22.1. The van der Waals surface area contributed by atoms with Gasteiger partial charge in [-0.1, -0.05) is 36.9 Å². The van der Waals surface area contributed by atoms with Crippen molar-refractivity contribution in [3.8, 4) is 12.1 Å². The van der Waals surface area contributed by atoms with E-state index in [1.165, 1.54) is 6.08 Å². The average Bonchev–Trinajstić information content (AvgIpc) is 3.35. The van der Waals surface area contributed by atoms with Gasteiger partial charge < -0.3 is 24.3 Å². The number of carbonyl (C=O) groups excluding carboxylic acids is 1. The molecule has 2 saturated heterocycles. The average molecular weight is 648 g/mol. The van der Waals surface area contributed by atoms with Gasteiger partial charge in [-0.15, -0.1) is 0 Å². The molecule has 0 unspecified atom stereocenters. The number of ether oxygens (including phenoxy) is 1. The molecule has 248 valence electrons. The Balaban J connectivity index is 1.45. The fraction of sp³-hybridized carbons (Fsp3) is 0.486. The number of aromatic nitrogens is 2. The number of halogens is 3. The van der Waals surface area contributed by atoms with E-state index in [0.29, 0.717) is 30.2 Å². The van der Waals surface area contributed by atoms with Gasteiger partial charge in [0.25, 0.3) is 0 Å². The molecule has 6 rings (SSSR count). The van der Waals surface area contributed by atoms with Gasteiger partial charge in [-0.05, 0) is 62.9 Å².